The molecular formula is C10H8FN5O2. The fourth-order valence-corrected chi connectivity index (χ4v) is 1.23. The van der Waals surface area contributed by atoms with Crippen LogP contribution in [-0.2, 0) is 0 Å². The quantitative estimate of drug-likeness (QED) is 0.700. The van der Waals surface area contributed by atoms with E-state index in [1.165, 1.54) is 24.4 Å². The van der Waals surface area contributed by atoms with E-state index < -0.39 is 17.3 Å². The van der Waals surface area contributed by atoms with Crippen molar-refractivity contribution in [3.63, 3.8) is 0 Å². The molecular weight excluding hydrogens is 241 g/mol. The number of nitrogen functional groups attached to an aromatic ring is 1. The Balaban J connectivity index is 2.24. The molecule has 0 aliphatic carbocycles. The number of hydrogen-bond acceptors (Lipinski definition) is 5. The third-order valence-corrected chi connectivity index (χ3v) is 2.08. The molecule has 92 valence electrons. The van der Waals surface area contributed by atoms with Gasteiger partial charge in [0, 0.05) is 12.3 Å². The number of carbonyl (C=O) groups is 1. The Morgan fingerprint density at radius 3 is 2.83 bits per heavy atom. The van der Waals surface area contributed by atoms with Crippen molar-refractivity contribution < 1.29 is 9.18 Å². The molecule has 0 unspecified atom stereocenters. The molecule has 4 N–H and O–H groups in total. The van der Waals surface area contributed by atoms with Crippen LogP contribution in [-0.4, -0.2) is 21.1 Å². The lowest BCUT2D eigenvalue weighted by atomic mass is 10.2. The summed E-state index contributed by atoms with van der Waals surface area (Å²) in [5, 5.41) is 8.00. The number of anilines is 2. The number of H-pyrrole nitrogens is 1. The molecule has 0 aromatic carbocycles. The zero-order valence-corrected chi connectivity index (χ0v) is 8.98. The maximum Gasteiger partial charge on any atom is 0.264 e. The normalized spacial score (nSPS) is 10.1. The summed E-state index contributed by atoms with van der Waals surface area (Å²) in [5.74, 6) is -1.91. The van der Waals surface area contributed by atoms with Crippen LogP contribution in [0.5, 0.6) is 0 Å². The van der Waals surface area contributed by atoms with Crippen LogP contribution in [0.3, 0.4) is 0 Å². The molecule has 0 spiro atoms. The average Bonchev–Trinajstić information content (AvgIpc) is 2.35. The second-order valence-corrected chi connectivity index (χ2v) is 3.32. The molecule has 0 saturated heterocycles. The Labute approximate surface area is 99.9 Å². The van der Waals surface area contributed by atoms with Gasteiger partial charge in [0.1, 0.15) is 0 Å². The summed E-state index contributed by atoms with van der Waals surface area (Å²) in [7, 11) is 0. The van der Waals surface area contributed by atoms with E-state index in [-0.39, 0.29) is 17.2 Å². The molecule has 0 aliphatic rings. The molecule has 1 amide bonds. The predicted molar refractivity (Wildman–Crippen MR) is 61.4 cm³/mol. The average molecular weight is 249 g/mol. The van der Waals surface area contributed by atoms with Crippen LogP contribution in [0, 0.1) is 5.82 Å². The number of rotatable bonds is 2. The lowest BCUT2D eigenvalue weighted by molar-refractivity contribution is 0.102. The molecule has 0 radical (unpaired) electrons. The summed E-state index contributed by atoms with van der Waals surface area (Å²) < 4.78 is 13.5. The van der Waals surface area contributed by atoms with Crippen LogP contribution in [0.15, 0.2) is 29.2 Å². The smallest absolute Gasteiger partial charge is 0.264 e. The van der Waals surface area contributed by atoms with Gasteiger partial charge in [0.25, 0.3) is 11.5 Å². The van der Waals surface area contributed by atoms with Gasteiger partial charge in [-0.25, -0.2) is 14.5 Å². The van der Waals surface area contributed by atoms with E-state index in [1.54, 1.807) is 0 Å². The number of nitrogens with two attached hydrogens (primary N) is 1. The second kappa shape index (κ2) is 4.62. The maximum atomic E-state index is 13.5. The van der Waals surface area contributed by atoms with Gasteiger partial charge in [0.2, 0.25) is 0 Å². The summed E-state index contributed by atoms with van der Waals surface area (Å²) in [6.45, 7) is 0. The Kier molecular flexibility index (Phi) is 3.00. The van der Waals surface area contributed by atoms with Crippen LogP contribution < -0.4 is 16.6 Å². The second-order valence-electron chi connectivity index (χ2n) is 3.32. The summed E-state index contributed by atoms with van der Waals surface area (Å²) in [6, 6.07) is 3.66. The van der Waals surface area contributed by atoms with E-state index in [9.17, 15) is 14.0 Å². The van der Waals surface area contributed by atoms with Gasteiger partial charge < -0.3 is 11.1 Å². The summed E-state index contributed by atoms with van der Waals surface area (Å²) in [4.78, 5) is 26.0. The molecule has 2 heterocycles. The Morgan fingerprint density at radius 2 is 2.17 bits per heavy atom. The van der Waals surface area contributed by atoms with Crippen molar-refractivity contribution in [1.82, 2.24) is 15.2 Å². The first-order chi connectivity index (χ1) is 8.58. The van der Waals surface area contributed by atoms with Gasteiger partial charge in [-0.3, -0.25) is 9.59 Å². The minimum atomic E-state index is -0.903. The Morgan fingerprint density at radius 1 is 1.39 bits per heavy atom. The minimum Gasteiger partial charge on any atom is -0.381 e. The molecule has 0 atom stereocenters. The molecule has 2 rings (SSSR count). The van der Waals surface area contributed by atoms with Gasteiger partial charge in [-0.05, 0) is 12.1 Å². The molecule has 0 fully saturated rings. The molecule has 7 nitrogen and oxygen atoms in total. The van der Waals surface area contributed by atoms with Crippen LogP contribution in [0.1, 0.15) is 10.4 Å². The number of aromatic amines is 1. The Hall–Kier alpha value is -2.77. The SMILES string of the molecule is Nc1nccc(C(=O)Nc2ccc(=O)[nH]n2)c1F. The van der Waals surface area contributed by atoms with Gasteiger partial charge in [-0.2, -0.15) is 5.10 Å². The summed E-state index contributed by atoms with van der Waals surface area (Å²) in [6.07, 6.45) is 1.22. The first-order valence-electron chi connectivity index (χ1n) is 4.85. The Bertz CT molecular complexity index is 634. The number of halogens is 1. The van der Waals surface area contributed by atoms with Gasteiger partial charge in [-0.1, -0.05) is 0 Å². The first kappa shape index (κ1) is 11.7. The van der Waals surface area contributed by atoms with Gasteiger partial charge >= 0.3 is 0 Å². The number of hydrogen-bond donors (Lipinski definition) is 3. The van der Waals surface area contributed by atoms with Gasteiger partial charge in [0.15, 0.2) is 17.5 Å². The third kappa shape index (κ3) is 2.32. The van der Waals surface area contributed by atoms with Crippen LogP contribution >= 0.6 is 0 Å². The van der Waals surface area contributed by atoms with Crippen LogP contribution in [0.25, 0.3) is 0 Å². The first-order valence-corrected chi connectivity index (χ1v) is 4.85. The van der Waals surface area contributed by atoms with E-state index >= 15 is 0 Å². The molecule has 8 heteroatoms. The molecule has 0 bridgehead atoms. The molecule has 2 aromatic heterocycles. The number of nitrogens with one attached hydrogen (secondary N) is 2. The highest BCUT2D eigenvalue weighted by atomic mass is 19.1. The van der Waals surface area contributed by atoms with Crippen molar-refractivity contribution in [3.8, 4) is 0 Å². The predicted octanol–water partition coefficient (Wildman–Crippen LogP) is 0.138. The van der Waals surface area contributed by atoms with Crippen molar-refractivity contribution in [2.24, 2.45) is 0 Å². The topological polar surface area (TPSA) is 114 Å². The standard InChI is InChI=1S/C10H8FN5O2/c11-8-5(3-4-13-9(8)12)10(18)14-6-1-2-7(17)16-15-6/h1-4H,(H2,12,13)(H,16,17)(H,14,15,18). The minimum absolute atomic E-state index is 0.0920. The van der Waals surface area contributed by atoms with E-state index in [2.05, 4.69) is 20.5 Å². The maximum absolute atomic E-state index is 13.5. The van der Waals surface area contributed by atoms with E-state index in [0.717, 1.165) is 0 Å². The monoisotopic (exact) mass is 249 g/mol. The molecule has 2 aromatic rings. The van der Waals surface area contributed by atoms with E-state index in [1.807, 2.05) is 0 Å². The zero-order valence-electron chi connectivity index (χ0n) is 8.98. The number of pyridine rings is 1. The number of aromatic nitrogens is 3. The third-order valence-electron chi connectivity index (χ3n) is 2.08. The van der Waals surface area contributed by atoms with E-state index in [4.69, 9.17) is 5.73 Å². The van der Waals surface area contributed by atoms with Crippen molar-refractivity contribution in [3.05, 3.63) is 46.1 Å². The number of amides is 1. The lowest BCUT2D eigenvalue weighted by Gasteiger charge is -2.05. The zero-order chi connectivity index (χ0) is 13.1. The highest BCUT2D eigenvalue weighted by Gasteiger charge is 2.15. The summed E-state index contributed by atoms with van der Waals surface area (Å²) >= 11 is 0. The molecule has 0 saturated carbocycles. The van der Waals surface area contributed by atoms with Crippen molar-refractivity contribution in [2.75, 3.05) is 11.1 Å². The van der Waals surface area contributed by atoms with E-state index in [0.29, 0.717) is 0 Å². The highest BCUT2D eigenvalue weighted by molar-refractivity contribution is 6.04. The van der Waals surface area contributed by atoms with Gasteiger partial charge in [-0.15, -0.1) is 0 Å². The fourth-order valence-electron chi connectivity index (χ4n) is 1.23. The summed E-state index contributed by atoms with van der Waals surface area (Å²) in [5.41, 5.74) is 4.58. The van der Waals surface area contributed by atoms with Crippen LogP contribution in [0.4, 0.5) is 16.0 Å². The fraction of sp³-hybridized carbons (Fsp3) is 0. The van der Waals surface area contributed by atoms with Crippen molar-refractivity contribution in [1.29, 1.82) is 0 Å². The molecule has 0 aliphatic heterocycles. The van der Waals surface area contributed by atoms with Crippen molar-refractivity contribution in [2.45, 2.75) is 0 Å². The molecule has 18 heavy (non-hydrogen) atoms. The van der Waals surface area contributed by atoms with Crippen LogP contribution in [0.2, 0.25) is 0 Å². The number of carbonyl (C=O) groups excluding carboxylic acids is 1. The van der Waals surface area contributed by atoms with Gasteiger partial charge in [0.05, 0.1) is 5.56 Å². The lowest BCUT2D eigenvalue weighted by Crippen LogP contribution is -2.17. The largest absolute Gasteiger partial charge is 0.381 e. The highest BCUT2D eigenvalue weighted by Crippen LogP contribution is 2.13. The number of nitrogens with zero attached hydrogens (tertiary/aromatic N) is 2. The van der Waals surface area contributed by atoms with Crippen molar-refractivity contribution >= 4 is 17.5 Å².